The lowest BCUT2D eigenvalue weighted by Crippen LogP contribution is -2.18. The molecule has 0 aromatic rings. The van der Waals surface area contributed by atoms with Crippen molar-refractivity contribution in [3.8, 4) is 0 Å². The van der Waals surface area contributed by atoms with Crippen LogP contribution in [-0.4, -0.2) is 18.4 Å². The van der Waals surface area contributed by atoms with Gasteiger partial charge in [-0.05, 0) is 32.4 Å². The zero-order valence-corrected chi connectivity index (χ0v) is 6.26. The fourth-order valence-corrected chi connectivity index (χ4v) is 1.13. The molecular formula is C8H13NO. The van der Waals surface area contributed by atoms with Gasteiger partial charge >= 0.3 is 0 Å². The maximum atomic E-state index is 10.5. The van der Waals surface area contributed by atoms with Gasteiger partial charge in [-0.2, -0.15) is 0 Å². The average molecular weight is 139 g/mol. The zero-order valence-electron chi connectivity index (χ0n) is 6.26. The van der Waals surface area contributed by atoms with Crippen LogP contribution in [-0.2, 0) is 4.79 Å². The molecular weight excluding hydrogens is 126 g/mol. The quantitative estimate of drug-likeness (QED) is 0.575. The molecule has 10 heavy (non-hydrogen) atoms. The highest BCUT2D eigenvalue weighted by Gasteiger charge is 2.09. The number of hydrogen-bond acceptors (Lipinski definition) is 2. The maximum Gasteiger partial charge on any atom is 0.152 e. The third-order valence-electron chi connectivity index (χ3n) is 1.66. The van der Waals surface area contributed by atoms with E-state index in [1.54, 1.807) is 13.0 Å². The second-order valence-corrected chi connectivity index (χ2v) is 2.67. The Hall–Kier alpha value is -0.630. The Labute approximate surface area is 61.3 Å². The molecule has 1 aliphatic rings. The molecule has 1 aliphatic heterocycles. The van der Waals surface area contributed by atoms with Crippen LogP contribution in [0.4, 0.5) is 0 Å². The second kappa shape index (κ2) is 3.52. The number of rotatable bonds is 2. The predicted molar refractivity (Wildman–Crippen MR) is 40.8 cm³/mol. The zero-order chi connectivity index (χ0) is 7.40. The Morgan fingerprint density at radius 3 is 3.00 bits per heavy atom. The van der Waals surface area contributed by atoms with E-state index in [1.165, 1.54) is 12.8 Å². The van der Waals surface area contributed by atoms with Crippen molar-refractivity contribution in [3.05, 3.63) is 12.2 Å². The molecule has 0 bridgehead atoms. The van der Waals surface area contributed by atoms with E-state index in [9.17, 15) is 4.79 Å². The Bertz CT molecular complexity index is 145. The number of carbonyl (C=O) groups excluding carboxylic acids is 1. The van der Waals surface area contributed by atoms with E-state index >= 15 is 0 Å². The predicted octanol–water partition coefficient (Wildman–Crippen LogP) is 0.884. The Morgan fingerprint density at radius 1 is 1.70 bits per heavy atom. The first-order valence-corrected chi connectivity index (χ1v) is 3.71. The number of hydrogen-bond donors (Lipinski definition) is 1. The number of carbonyl (C=O) groups is 1. The summed E-state index contributed by atoms with van der Waals surface area (Å²) in [6.45, 7) is 2.67. The van der Waals surface area contributed by atoms with Crippen LogP contribution in [0.25, 0.3) is 0 Å². The van der Waals surface area contributed by atoms with Crippen LogP contribution in [0.1, 0.15) is 19.8 Å². The summed E-state index contributed by atoms with van der Waals surface area (Å²) in [5.41, 5.74) is 0. The second-order valence-electron chi connectivity index (χ2n) is 2.67. The summed E-state index contributed by atoms with van der Waals surface area (Å²) < 4.78 is 0. The molecule has 2 heteroatoms. The molecule has 1 N–H and O–H groups in total. The van der Waals surface area contributed by atoms with Crippen LogP contribution in [0.2, 0.25) is 0 Å². The summed E-state index contributed by atoms with van der Waals surface area (Å²) in [4.78, 5) is 10.5. The molecule has 0 spiro atoms. The number of allylic oxidation sites excluding steroid dienone is 1. The van der Waals surface area contributed by atoms with Gasteiger partial charge in [-0.25, -0.2) is 0 Å². The molecule has 1 fully saturated rings. The highest BCUT2D eigenvalue weighted by Crippen LogP contribution is 2.05. The molecule has 1 rings (SSSR count). The molecule has 0 saturated carbocycles. The highest BCUT2D eigenvalue weighted by molar-refractivity contribution is 5.87. The third-order valence-corrected chi connectivity index (χ3v) is 1.66. The van der Waals surface area contributed by atoms with E-state index in [0.29, 0.717) is 6.04 Å². The first-order chi connectivity index (χ1) is 4.79. The van der Waals surface area contributed by atoms with Crippen LogP contribution in [0, 0.1) is 0 Å². The molecule has 0 amide bonds. The van der Waals surface area contributed by atoms with E-state index in [2.05, 4.69) is 5.32 Å². The Morgan fingerprint density at radius 2 is 2.50 bits per heavy atom. The molecule has 1 saturated heterocycles. The standard InChI is InChI=1S/C8H13NO/c1-7(10)4-5-8-3-2-6-9-8/h4-5,8-9H,2-3,6H2,1H3/b5-4+/t8-/m1/s1. The van der Waals surface area contributed by atoms with Gasteiger partial charge in [-0.3, -0.25) is 4.79 Å². The molecule has 56 valence electrons. The van der Waals surface area contributed by atoms with Crippen LogP contribution < -0.4 is 5.32 Å². The van der Waals surface area contributed by atoms with Gasteiger partial charge < -0.3 is 5.32 Å². The van der Waals surface area contributed by atoms with Crippen molar-refractivity contribution in [2.24, 2.45) is 0 Å². The van der Waals surface area contributed by atoms with E-state index in [-0.39, 0.29) is 5.78 Å². The van der Waals surface area contributed by atoms with E-state index < -0.39 is 0 Å². The Kier molecular flexibility index (Phi) is 2.63. The van der Waals surface area contributed by atoms with Crippen LogP contribution >= 0.6 is 0 Å². The maximum absolute atomic E-state index is 10.5. The fraction of sp³-hybridized carbons (Fsp3) is 0.625. The highest BCUT2D eigenvalue weighted by atomic mass is 16.1. The van der Waals surface area contributed by atoms with E-state index in [1.807, 2.05) is 6.08 Å². The van der Waals surface area contributed by atoms with Crippen molar-refractivity contribution in [2.45, 2.75) is 25.8 Å². The van der Waals surface area contributed by atoms with Crippen LogP contribution in [0.5, 0.6) is 0 Å². The molecule has 1 atom stereocenters. The number of nitrogens with one attached hydrogen (secondary N) is 1. The largest absolute Gasteiger partial charge is 0.311 e. The minimum absolute atomic E-state index is 0.133. The normalized spacial score (nSPS) is 25.9. The smallest absolute Gasteiger partial charge is 0.152 e. The van der Waals surface area contributed by atoms with Crippen LogP contribution in [0.3, 0.4) is 0 Å². The lowest BCUT2D eigenvalue weighted by atomic mass is 10.2. The van der Waals surface area contributed by atoms with Gasteiger partial charge in [0.25, 0.3) is 0 Å². The molecule has 0 aliphatic carbocycles. The van der Waals surface area contributed by atoms with Crippen LogP contribution in [0.15, 0.2) is 12.2 Å². The van der Waals surface area contributed by atoms with Gasteiger partial charge in [0.15, 0.2) is 5.78 Å². The monoisotopic (exact) mass is 139 g/mol. The van der Waals surface area contributed by atoms with Gasteiger partial charge in [0, 0.05) is 6.04 Å². The fourth-order valence-electron chi connectivity index (χ4n) is 1.13. The molecule has 0 aromatic carbocycles. The van der Waals surface area contributed by atoms with Crippen molar-refractivity contribution >= 4 is 5.78 Å². The minimum atomic E-state index is 0.133. The van der Waals surface area contributed by atoms with Crippen molar-refractivity contribution < 1.29 is 4.79 Å². The van der Waals surface area contributed by atoms with E-state index in [4.69, 9.17) is 0 Å². The minimum Gasteiger partial charge on any atom is -0.311 e. The molecule has 0 aromatic heterocycles. The summed E-state index contributed by atoms with van der Waals surface area (Å²) in [5.74, 6) is 0.133. The van der Waals surface area contributed by atoms with Gasteiger partial charge in [-0.15, -0.1) is 0 Å². The molecule has 1 heterocycles. The molecule has 2 nitrogen and oxygen atoms in total. The molecule has 0 radical (unpaired) electrons. The first-order valence-electron chi connectivity index (χ1n) is 3.71. The molecule has 0 unspecified atom stereocenters. The topological polar surface area (TPSA) is 29.1 Å². The van der Waals surface area contributed by atoms with Crippen molar-refractivity contribution in [1.29, 1.82) is 0 Å². The SMILES string of the molecule is CC(=O)/C=C/[C@H]1CCCN1. The summed E-state index contributed by atoms with van der Waals surface area (Å²) in [6, 6.07) is 0.448. The van der Waals surface area contributed by atoms with Gasteiger partial charge in [0.1, 0.15) is 0 Å². The van der Waals surface area contributed by atoms with Crippen molar-refractivity contribution in [3.63, 3.8) is 0 Å². The van der Waals surface area contributed by atoms with Crippen molar-refractivity contribution in [2.75, 3.05) is 6.54 Å². The van der Waals surface area contributed by atoms with Gasteiger partial charge in [0.05, 0.1) is 0 Å². The van der Waals surface area contributed by atoms with E-state index in [0.717, 1.165) is 6.54 Å². The number of ketones is 1. The lowest BCUT2D eigenvalue weighted by Gasteiger charge is -1.99. The lowest BCUT2D eigenvalue weighted by molar-refractivity contribution is -0.112. The summed E-state index contributed by atoms with van der Waals surface area (Å²) >= 11 is 0. The summed E-state index contributed by atoms with van der Waals surface area (Å²) in [7, 11) is 0. The van der Waals surface area contributed by atoms with Gasteiger partial charge in [0.2, 0.25) is 0 Å². The Balaban J connectivity index is 2.29. The summed E-state index contributed by atoms with van der Waals surface area (Å²) in [6.07, 6.45) is 6.00. The van der Waals surface area contributed by atoms with Crippen molar-refractivity contribution in [1.82, 2.24) is 5.32 Å². The van der Waals surface area contributed by atoms with Gasteiger partial charge in [-0.1, -0.05) is 6.08 Å². The summed E-state index contributed by atoms with van der Waals surface area (Å²) in [5, 5.41) is 3.27. The first kappa shape index (κ1) is 7.48. The average Bonchev–Trinajstić information content (AvgIpc) is 2.34. The third kappa shape index (κ3) is 2.31.